The van der Waals surface area contributed by atoms with E-state index in [4.69, 9.17) is 0 Å². The molecule has 0 aliphatic heterocycles. The molecule has 0 fully saturated rings. The zero-order valence-corrected chi connectivity index (χ0v) is 12.6. The van der Waals surface area contributed by atoms with Gasteiger partial charge in [0.2, 0.25) is 0 Å². The van der Waals surface area contributed by atoms with Gasteiger partial charge in [-0.05, 0) is 54.9 Å². The molecule has 0 bridgehead atoms. The molecule has 0 saturated heterocycles. The minimum absolute atomic E-state index is 0.261. The van der Waals surface area contributed by atoms with Crippen molar-refractivity contribution in [1.82, 2.24) is 0 Å². The Morgan fingerprint density at radius 1 is 1.04 bits per heavy atom. The first-order chi connectivity index (χ1) is 10.8. The van der Waals surface area contributed by atoms with Gasteiger partial charge in [-0.15, -0.1) is 13.2 Å². The molecule has 122 valence electrons. The third-order valence-electron chi connectivity index (χ3n) is 4.29. The van der Waals surface area contributed by atoms with E-state index in [-0.39, 0.29) is 5.92 Å². The lowest BCUT2D eigenvalue weighted by Gasteiger charge is -2.26. The molecular formula is C18H16F4O. The Balaban J connectivity index is 1.85. The zero-order chi connectivity index (χ0) is 16.6. The van der Waals surface area contributed by atoms with Crippen LogP contribution in [0.15, 0.2) is 36.4 Å². The van der Waals surface area contributed by atoms with Crippen molar-refractivity contribution in [1.29, 1.82) is 0 Å². The fourth-order valence-corrected chi connectivity index (χ4v) is 3.11. The fraction of sp³-hybridized carbons (Fsp3) is 0.333. The van der Waals surface area contributed by atoms with Crippen LogP contribution in [0.25, 0.3) is 0 Å². The molecule has 0 radical (unpaired) electrons. The fourth-order valence-electron chi connectivity index (χ4n) is 3.11. The first kappa shape index (κ1) is 15.8. The van der Waals surface area contributed by atoms with Crippen LogP contribution in [-0.2, 0) is 12.8 Å². The maximum Gasteiger partial charge on any atom is 0.573 e. The Bertz CT molecular complexity index is 704. The molecule has 2 aromatic rings. The third kappa shape index (κ3) is 3.49. The number of fused-ring (bicyclic) bond motifs is 1. The monoisotopic (exact) mass is 324 g/mol. The summed E-state index contributed by atoms with van der Waals surface area (Å²) in [6, 6.07) is 10.8. The van der Waals surface area contributed by atoms with E-state index >= 15 is 0 Å². The maximum absolute atomic E-state index is 14.2. The van der Waals surface area contributed by atoms with Crippen molar-refractivity contribution >= 4 is 0 Å². The highest BCUT2D eigenvalue weighted by Gasteiger charge is 2.34. The summed E-state index contributed by atoms with van der Waals surface area (Å²) in [5.74, 6) is -1.37. The van der Waals surface area contributed by atoms with Crippen LogP contribution in [0.2, 0.25) is 0 Å². The van der Waals surface area contributed by atoms with Crippen LogP contribution < -0.4 is 4.74 Å². The number of hydrogen-bond donors (Lipinski definition) is 0. The van der Waals surface area contributed by atoms with Gasteiger partial charge >= 0.3 is 6.36 Å². The van der Waals surface area contributed by atoms with Gasteiger partial charge in [-0.3, -0.25) is 0 Å². The Morgan fingerprint density at radius 2 is 1.74 bits per heavy atom. The van der Waals surface area contributed by atoms with Gasteiger partial charge in [0.15, 0.2) is 11.6 Å². The Labute approximate surface area is 131 Å². The molecule has 23 heavy (non-hydrogen) atoms. The highest BCUT2D eigenvalue weighted by Crippen LogP contribution is 2.37. The molecule has 0 N–H and O–H groups in total. The SMILES string of the molecule is Cc1ccc(C2CCc3c(ccc(OC(F)(F)F)c3F)C2)cc1. The molecule has 1 aliphatic rings. The summed E-state index contributed by atoms with van der Waals surface area (Å²) in [5.41, 5.74) is 3.45. The second-order valence-corrected chi connectivity index (χ2v) is 5.91. The lowest BCUT2D eigenvalue weighted by molar-refractivity contribution is -0.275. The van der Waals surface area contributed by atoms with Crippen molar-refractivity contribution in [2.75, 3.05) is 0 Å². The highest BCUT2D eigenvalue weighted by molar-refractivity contribution is 5.41. The second-order valence-electron chi connectivity index (χ2n) is 5.91. The minimum Gasteiger partial charge on any atom is -0.403 e. The molecule has 1 atom stereocenters. The largest absolute Gasteiger partial charge is 0.573 e. The van der Waals surface area contributed by atoms with Crippen molar-refractivity contribution in [2.45, 2.75) is 38.5 Å². The van der Waals surface area contributed by atoms with Gasteiger partial charge in [-0.25, -0.2) is 4.39 Å². The van der Waals surface area contributed by atoms with E-state index in [9.17, 15) is 17.6 Å². The number of alkyl halides is 3. The van der Waals surface area contributed by atoms with Crippen molar-refractivity contribution in [3.63, 3.8) is 0 Å². The van der Waals surface area contributed by atoms with Crippen LogP contribution in [0.3, 0.4) is 0 Å². The molecule has 0 spiro atoms. The average Bonchev–Trinajstić information content (AvgIpc) is 2.49. The van der Waals surface area contributed by atoms with Crippen molar-refractivity contribution in [2.24, 2.45) is 0 Å². The molecule has 2 aromatic carbocycles. The van der Waals surface area contributed by atoms with E-state index in [2.05, 4.69) is 16.9 Å². The number of hydrogen-bond acceptors (Lipinski definition) is 1. The first-order valence-corrected chi connectivity index (χ1v) is 7.46. The molecule has 3 rings (SSSR count). The topological polar surface area (TPSA) is 9.23 Å². The standard InChI is InChI=1S/C18H16F4O/c1-11-2-4-12(5-3-11)13-6-8-15-14(10-13)7-9-16(17(15)19)23-18(20,21)22/h2-5,7,9,13H,6,8,10H2,1H3. The van der Waals surface area contributed by atoms with E-state index in [1.165, 1.54) is 11.1 Å². The molecular weight excluding hydrogens is 308 g/mol. The van der Waals surface area contributed by atoms with E-state index in [0.29, 0.717) is 24.8 Å². The predicted molar refractivity (Wildman–Crippen MR) is 79.0 cm³/mol. The van der Waals surface area contributed by atoms with Crippen LogP contribution in [-0.4, -0.2) is 6.36 Å². The van der Waals surface area contributed by atoms with Gasteiger partial charge in [-0.1, -0.05) is 35.9 Å². The van der Waals surface area contributed by atoms with E-state index in [1.807, 2.05) is 19.1 Å². The molecule has 0 aromatic heterocycles. The van der Waals surface area contributed by atoms with Crippen LogP contribution in [0.1, 0.15) is 34.6 Å². The number of ether oxygens (including phenoxy) is 1. The minimum atomic E-state index is -4.88. The first-order valence-electron chi connectivity index (χ1n) is 7.46. The molecule has 0 heterocycles. The highest BCUT2D eigenvalue weighted by atomic mass is 19.4. The van der Waals surface area contributed by atoms with E-state index in [0.717, 1.165) is 11.6 Å². The maximum atomic E-state index is 14.2. The lowest BCUT2D eigenvalue weighted by atomic mass is 9.80. The van der Waals surface area contributed by atoms with E-state index in [1.54, 1.807) is 6.07 Å². The number of aryl methyl sites for hydroxylation is 1. The second kappa shape index (κ2) is 5.87. The molecule has 5 heteroatoms. The lowest BCUT2D eigenvalue weighted by Crippen LogP contribution is -2.20. The Hall–Kier alpha value is -2.04. The number of halogens is 4. The molecule has 1 nitrogen and oxygen atoms in total. The van der Waals surface area contributed by atoms with Crippen molar-refractivity contribution in [3.05, 3.63) is 64.5 Å². The third-order valence-corrected chi connectivity index (χ3v) is 4.29. The van der Waals surface area contributed by atoms with Gasteiger partial charge in [0, 0.05) is 0 Å². The van der Waals surface area contributed by atoms with Crippen LogP contribution in [0.4, 0.5) is 17.6 Å². The Kier molecular flexibility index (Phi) is 4.04. The summed E-state index contributed by atoms with van der Waals surface area (Å²) >= 11 is 0. The van der Waals surface area contributed by atoms with Crippen LogP contribution in [0, 0.1) is 12.7 Å². The molecule has 1 unspecified atom stereocenters. The van der Waals surface area contributed by atoms with Crippen LogP contribution >= 0.6 is 0 Å². The van der Waals surface area contributed by atoms with Crippen LogP contribution in [0.5, 0.6) is 5.75 Å². The summed E-state index contributed by atoms with van der Waals surface area (Å²) in [7, 11) is 0. The van der Waals surface area contributed by atoms with Crippen molar-refractivity contribution in [3.8, 4) is 5.75 Å². The summed E-state index contributed by atoms with van der Waals surface area (Å²) in [5, 5.41) is 0. The quantitative estimate of drug-likeness (QED) is 0.681. The van der Waals surface area contributed by atoms with Gasteiger partial charge in [0.05, 0.1) is 0 Å². The molecule has 0 saturated carbocycles. The van der Waals surface area contributed by atoms with Gasteiger partial charge < -0.3 is 4.74 Å². The normalized spacial score (nSPS) is 17.7. The smallest absolute Gasteiger partial charge is 0.403 e. The van der Waals surface area contributed by atoms with Gasteiger partial charge in [-0.2, -0.15) is 0 Å². The molecule has 0 amide bonds. The van der Waals surface area contributed by atoms with E-state index < -0.39 is 17.9 Å². The van der Waals surface area contributed by atoms with Gasteiger partial charge in [0.25, 0.3) is 0 Å². The summed E-state index contributed by atoms with van der Waals surface area (Å²) in [6.07, 6.45) is -3.13. The van der Waals surface area contributed by atoms with Gasteiger partial charge in [0.1, 0.15) is 0 Å². The summed E-state index contributed by atoms with van der Waals surface area (Å²) in [4.78, 5) is 0. The number of rotatable bonds is 2. The number of benzene rings is 2. The Morgan fingerprint density at radius 3 is 2.39 bits per heavy atom. The molecule has 1 aliphatic carbocycles. The summed E-state index contributed by atoms with van der Waals surface area (Å²) < 4.78 is 54.8. The van der Waals surface area contributed by atoms with Crippen molar-refractivity contribution < 1.29 is 22.3 Å². The summed E-state index contributed by atoms with van der Waals surface area (Å²) in [6.45, 7) is 2.01. The average molecular weight is 324 g/mol. The zero-order valence-electron chi connectivity index (χ0n) is 12.6. The predicted octanol–water partition coefficient (Wildman–Crippen LogP) is 5.31.